The number of benzene rings is 1. The van der Waals surface area contributed by atoms with Crippen molar-refractivity contribution in [3.8, 4) is 0 Å². The monoisotopic (exact) mass is 295 g/mol. The Morgan fingerprint density at radius 3 is 2.62 bits per heavy atom. The molecule has 8 heteroatoms. The van der Waals surface area contributed by atoms with E-state index in [-0.39, 0.29) is 12.2 Å². The molecule has 1 rings (SSSR count). The highest BCUT2D eigenvalue weighted by Crippen LogP contribution is 2.21. The molecule has 1 atom stereocenters. The number of carboxylic acid groups (broad SMARTS) is 1. The molecule has 114 valence electrons. The number of rotatable bonds is 6. The Morgan fingerprint density at radius 2 is 2.10 bits per heavy atom. The molecule has 0 heterocycles. The van der Waals surface area contributed by atoms with Crippen LogP contribution in [0.3, 0.4) is 0 Å². The van der Waals surface area contributed by atoms with E-state index in [2.05, 4.69) is 10.6 Å². The van der Waals surface area contributed by atoms with E-state index in [1.54, 1.807) is 13.8 Å². The van der Waals surface area contributed by atoms with Gasteiger partial charge in [0, 0.05) is 23.9 Å². The first-order valence-corrected chi connectivity index (χ1v) is 6.34. The minimum Gasteiger partial charge on any atom is -0.481 e. The lowest BCUT2D eigenvalue weighted by Gasteiger charge is -2.09. The smallest absolute Gasteiger partial charge is 0.319 e. The van der Waals surface area contributed by atoms with Crippen LogP contribution in [0.1, 0.15) is 18.9 Å². The molecule has 0 bridgehead atoms. The number of carbonyl (C=O) groups is 2. The molecule has 0 aliphatic carbocycles. The van der Waals surface area contributed by atoms with Crippen molar-refractivity contribution in [3.63, 3.8) is 0 Å². The number of urea groups is 1. The highest BCUT2D eigenvalue weighted by atomic mass is 16.6. The molecule has 0 saturated carbocycles. The summed E-state index contributed by atoms with van der Waals surface area (Å²) in [5.41, 5.74) is 0.857. The Kier molecular flexibility index (Phi) is 5.65. The quantitative estimate of drug-likeness (QED) is 0.548. The molecule has 0 spiro atoms. The summed E-state index contributed by atoms with van der Waals surface area (Å²) in [5, 5.41) is 24.4. The zero-order valence-corrected chi connectivity index (χ0v) is 11.8. The zero-order valence-electron chi connectivity index (χ0n) is 11.8. The Bertz CT molecular complexity index is 559. The standard InChI is InChI=1S/C13H17N3O5/c1-8(12(17)18)5-6-14-13(19)15-10-3-4-11(16(20)21)9(2)7-10/h3-4,7-8H,5-6H2,1-2H3,(H,17,18)(H2,14,15,19). The maximum absolute atomic E-state index is 11.6. The van der Waals surface area contributed by atoms with E-state index in [4.69, 9.17) is 5.11 Å². The van der Waals surface area contributed by atoms with Crippen molar-refractivity contribution in [2.24, 2.45) is 5.92 Å². The predicted octanol–water partition coefficient (Wildman–Crippen LogP) is 2.14. The summed E-state index contributed by atoms with van der Waals surface area (Å²) in [7, 11) is 0. The van der Waals surface area contributed by atoms with Crippen molar-refractivity contribution in [3.05, 3.63) is 33.9 Å². The van der Waals surface area contributed by atoms with Gasteiger partial charge in [0.1, 0.15) is 0 Å². The van der Waals surface area contributed by atoms with Crippen LogP contribution >= 0.6 is 0 Å². The van der Waals surface area contributed by atoms with Crippen molar-refractivity contribution >= 4 is 23.4 Å². The number of nitro benzene ring substituents is 1. The largest absolute Gasteiger partial charge is 0.481 e. The SMILES string of the molecule is Cc1cc(NC(=O)NCCC(C)C(=O)O)ccc1[N+](=O)[O-]. The molecule has 0 fully saturated rings. The van der Waals surface area contributed by atoms with Crippen molar-refractivity contribution in [2.45, 2.75) is 20.3 Å². The molecule has 0 aliphatic heterocycles. The van der Waals surface area contributed by atoms with E-state index in [1.807, 2.05) is 0 Å². The topological polar surface area (TPSA) is 122 Å². The van der Waals surface area contributed by atoms with Gasteiger partial charge in [0.2, 0.25) is 0 Å². The lowest BCUT2D eigenvalue weighted by Crippen LogP contribution is -2.31. The number of nitro groups is 1. The fraction of sp³-hybridized carbons (Fsp3) is 0.385. The molecule has 1 aromatic rings. The van der Waals surface area contributed by atoms with Crippen molar-refractivity contribution in [1.29, 1.82) is 0 Å². The zero-order chi connectivity index (χ0) is 16.0. The molecule has 0 aromatic heterocycles. The van der Waals surface area contributed by atoms with Gasteiger partial charge in [-0.1, -0.05) is 6.92 Å². The first kappa shape index (κ1) is 16.4. The first-order valence-electron chi connectivity index (χ1n) is 6.34. The second kappa shape index (κ2) is 7.22. The highest BCUT2D eigenvalue weighted by molar-refractivity contribution is 5.89. The van der Waals surface area contributed by atoms with E-state index in [0.717, 1.165) is 0 Å². The molecular weight excluding hydrogens is 278 g/mol. The number of carbonyl (C=O) groups excluding carboxylic acids is 1. The van der Waals surface area contributed by atoms with Crippen molar-refractivity contribution in [1.82, 2.24) is 5.32 Å². The van der Waals surface area contributed by atoms with Gasteiger partial charge in [-0.15, -0.1) is 0 Å². The van der Waals surface area contributed by atoms with E-state index in [0.29, 0.717) is 17.7 Å². The van der Waals surface area contributed by atoms with Gasteiger partial charge in [0.15, 0.2) is 0 Å². The van der Waals surface area contributed by atoms with Gasteiger partial charge in [0.25, 0.3) is 5.69 Å². The minimum atomic E-state index is -0.914. The van der Waals surface area contributed by atoms with E-state index in [1.165, 1.54) is 18.2 Å². The summed E-state index contributed by atoms with van der Waals surface area (Å²) in [6.45, 7) is 3.36. The maximum atomic E-state index is 11.6. The van der Waals surface area contributed by atoms with Crippen molar-refractivity contribution in [2.75, 3.05) is 11.9 Å². The molecule has 3 N–H and O–H groups in total. The summed E-state index contributed by atoms with van der Waals surface area (Å²) in [5.74, 6) is -1.45. The van der Waals surface area contributed by atoms with E-state index >= 15 is 0 Å². The number of aliphatic carboxylic acids is 1. The van der Waals surface area contributed by atoms with Gasteiger partial charge in [0.05, 0.1) is 10.8 Å². The molecule has 2 amide bonds. The molecule has 1 aromatic carbocycles. The summed E-state index contributed by atoms with van der Waals surface area (Å²) in [4.78, 5) is 32.4. The van der Waals surface area contributed by atoms with Crippen LogP contribution < -0.4 is 10.6 Å². The highest BCUT2D eigenvalue weighted by Gasteiger charge is 2.12. The lowest BCUT2D eigenvalue weighted by molar-refractivity contribution is -0.385. The maximum Gasteiger partial charge on any atom is 0.319 e. The normalized spacial score (nSPS) is 11.5. The van der Waals surface area contributed by atoms with Gasteiger partial charge in [-0.05, 0) is 25.5 Å². The fourth-order valence-corrected chi connectivity index (χ4v) is 1.64. The van der Waals surface area contributed by atoms with Crippen LogP contribution in [0, 0.1) is 23.0 Å². The van der Waals surface area contributed by atoms with Crippen LogP contribution in [-0.2, 0) is 4.79 Å². The Balaban J connectivity index is 2.50. The second-order valence-electron chi connectivity index (χ2n) is 4.67. The summed E-state index contributed by atoms with van der Waals surface area (Å²) >= 11 is 0. The Labute approximate surface area is 121 Å². The number of hydrogen-bond donors (Lipinski definition) is 3. The van der Waals surface area contributed by atoms with Crippen LogP contribution in [0.25, 0.3) is 0 Å². The number of amides is 2. The third-order valence-electron chi connectivity index (χ3n) is 2.94. The predicted molar refractivity (Wildman–Crippen MR) is 76.3 cm³/mol. The average molecular weight is 295 g/mol. The number of nitrogens with one attached hydrogen (secondary N) is 2. The molecule has 0 radical (unpaired) electrons. The summed E-state index contributed by atoms with van der Waals surface area (Å²) < 4.78 is 0. The van der Waals surface area contributed by atoms with Gasteiger partial charge >= 0.3 is 12.0 Å². The van der Waals surface area contributed by atoms with Crippen LogP contribution in [0.15, 0.2) is 18.2 Å². The van der Waals surface area contributed by atoms with Gasteiger partial charge < -0.3 is 15.7 Å². The molecular formula is C13H17N3O5. The van der Waals surface area contributed by atoms with Crippen LogP contribution in [0.4, 0.5) is 16.2 Å². The second-order valence-corrected chi connectivity index (χ2v) is 4.67. The third kappa shape index (κ3) is 5.09. The van der Waals surface area contributed by atoms with Crippen molar-refractivity contribution < 1.29 is 19.6 Å². The van der Waals surface area contributed by atoms with Gasteiger partial charge in [-0.25, -0.2) is 4.79 Å². The van der Waals surface area contributed by atoms with Gasteiger partial charge in [-0.2, -0.15) is 0 Å². The number of aryl methyl sites for hydroxylation is 1. The molecule has 1 unspecified atom stereocenters. The van der Waals surface area contributed by atoms with Crippen LogP contribution in [0.5, 0.6) is 0 Å². The number of hydrogen-bond acceptors (Lipinski definition) is 4. The Hall–Kier alpha value is -2.64. The molecule has 0 saturated heterocycles. The summed E-state index contributed by atoms with van der Waals surface area (Å²) in [6, 6.07) is 3.76. The van der Waals surface area contributed by atoms with Crippen LogP contribution in [0.2, 0.25) is 0 Å². The number of anilines is 1. The average Bonchev–Trinajstić information content (AvgIpc) is 2.37. The van der Waals surface area contributed by atoms with E-state index in [9.17, 15) is 19.7 Å². The van der Waals surface area contributed by atoms with Gasteiger partial charge in [-0.3, -0.25) is 14.9 Å². The van der Waals surface area contributed by atoms with Crippen LogP contribution in [-0.4, -0.2) is 28.6 Å². The minimum absolute atomic E-state index is 0.0174. The molecule has 0 aliphatic rings. The van der Waals surface area contributed by atoms with E-state index < -0.39 is 22.8 Å². The molecule has 21 heavy (non-hydrogen) atoms. The number of nitrogens with zero attached hydrogens (tertiary/aromatic N) is 1. The third-order valence-corrected chi connectivity index (χ3v) is 2.94. The number of carboxylic acids is 1. The lowest BCUT2D eigenvalue weighted by atomic mass is 10.1. The Morgan fingerprint density at radius 1 is 1.43 bits per heavy atom. The first-order chi connectivity index (χ1) is 9.81. The fourth-order valence-electron chi connectivity index (χ4n) is 1.64. The molecule has 8 nitrogen and oxygen atoms in total. The summed E-state index contributed by atoms with van der Waals surface area (Å²) in [6.07, 6.45) is 0.321.